The van der Waals surface area contributed by atoms with Gasteiger partial charge in [-0.15, -0.1) is 12.3 Å². The van der Waals surface area contributed by atoms with Gasteiger partial charge in [-0.3, -0.25) is 0 Å². The number of nitrogens with two attached hydrogens (primary N) is 1. The summed E-state index contributed by atoms with van der Waals surface area (Å²) in [5.74, 6) is 1.73. The molecule has 1 unspecified atom stereocenters. The van der Waals surface area contributed by atoms with Crippen LogP contribution in [0, 0.1) is 18.2 Å². The summed E-state index contributed by atoms with van der Waals surface area (Å²) in [5, 5.41) is 0. The average Bonchev–Trinajstić information content (AvgIpc) is 2.22. The van der Waals surface area contributed by atoms with E-state index in [2.05, 4.69) is 26.6 Å². The van der Waals surface area contributed by atoms with E-state index in [-0.39, 0.29) is 21.5 Å². The topological polar surface area (TPSA) is 72.2 Å². The minimum atomic E-state index is -3.82. The highest BCUT2D eigenvalue weighted by Gasteiger charge is 2.21. The molecule has 3 N–H and O–H groups in total. The van der Waals surface area contributed by atoms with Crippen LogP contribution in [-0.2, 0) is 10.0 Å². The van der Waals surface area contributed by atoms with E-state index in [0.29, 0.717) is 0 Å². The summed E-state index contributed by atoms with van der Waals surface area (Å²) in [6.45, 7) is 1.63. The number of nitrogen functional groups attached to an aromatic ring is 1. The molecule has 0 heterocycles. The fraction of sp³-hybridized carbons (Fsp3) is 0.273. The summed E-state index contributed by atoms with van der Waals surface area (Å²) < 4.78 is 39.6. The van der Waals surface area contributed by atoms with Gasteiger partial charge in [0.1, 0.15) is 10.7 Å². The lowest BCUT2D eigenvalue weighted by Crippen LogP contribution is -2.32. The molecule has 0 amide bonds. The van der Waals surface area contributed by atoms with Gasteiger partial charge in [0.15, 0.2) is 0 Å². The zero-order chi connectivity index (χ0) is 13.9. The lowest BCUT2D eigenvalue weighted by molar-refractivity contribution is 0.563. The quantitative estimate of drug-likeness (QED) is 0.652. The first-order valence-electron chi connectivity index (χ1n) is 4.98. The molecule has 18 heavy (non-hydrogen) atoms. The van der Waals surface area contributed by atoms with Crippen LogP contribution in [0.1, 0.15) is 13.3 Å². The van der Waals surface area contributed by atoms with Crippen LogP contribution in [0.2, 0.25) is 0 Å². The van der Waals surface area contributed by atoms with Crippen molar-refractivity contribution >= 4 is 31.6 Å². The second kappa shape index (κ2) is 5.69. The number of anilines is 1. The maximum atomic E-state index is 13.2. The molecule has 0 aliphatic heterocycles. The van der Waals surface area contributed by atoms with Crippen LogP contribution in [0.4, 0.5) is 10.1 Å². The van der Waals surface area contributed by atoms with Crippen LogP contribution in [-0.4, -0.2) is 14.5 Å². The molecule has 1 rings (SSSR count). The predicted molar refractivity (Wildman–Crippen MR) is 71.7 cm³/mol. The summed E-state index contributed by atoms with van der Waals surface area (Å²) in [5.41, 5.74) is 5.35. The van der Waals surface area contributed by atoms with Crippen LogP contribution in [0.5, 0.6) is 0 Å². The summed E-state index contributed by atoms with van der Waals surface area (Å²) >= 11 is 2.91. The first-order valence-corrected chi connectivity index (χ1v) is 7.26. The highest BCUT2D eigenvalue weighted by atomic mass is 79.9. The minimum absolute atomic E-state index is 0.0293. The largest absolute Gasteiger partial charge is 0.398 e. The van der Waals surface area contributed by atoms with E-state index < -0.39 is 21.9 Å². The summed E-state index contributed by atoms with van der Waals surface area (Å²) in [6, 6.07) is 1.64. The number of rotatable bonds is 4. The Morgan fingerprint density at radius 1 is 1.61 bits per heavy atom. The third kappa shape index (κ3) is 3.45. The van der Waals surface area contributed by atoms with Gasteiger partial charge in [0.2, 0.25) is 10.0 Å². The van der Waals surface area contributed by atoms with E-state index in [4.69, 9.17) is 12.2 Å². The molecule has 0 aliphatic rings. The van der Waals surface area contributed by atoms with Crippen molar-refractivity contribution in [3.05, 3.63) is 22.4 Å². The molecule has 0 fully saturated rings. The Hall–Kier alpha value is -1.10. The molecule has 0 spiro atoms. The number of hydrogen-bond acceptors (Lipinski definition) is 3. The normalized spacial score (nSPS) is 13.0. The molecular weight excluding hydrogens is 323 g/mol. The highest BCUT2D eigenvalue weighted by Crippen LogP contribution is 2.26. The second-order valence-corrected chi connectivity index (χ2v) is 6.27. The number of hydrogen-bond donors (Lipinski definition) is 2. The number of nitrogens with one attached hydrogen (secondary N) is 1. The first kappa shape index (κ1) is 15.0. The van der Waals surface area contributed by atoms with Crippen molar-refractivity contribution in [3.8, 4) is 12.3 Å². The molecule has 7 heteroatoms. The highest BCUT2D eigenvalue weighted by molar-refractivity contribution is 9.10. The monoisotopic (exact) mass is 334 g/mol. The number of benzene rings is 1. The molecule has 4 nitrogen and oxygen atoms in total. The third-order valence-corrected chi connectivity index (χ3v) is 4.38. The Bertz CT molecular complexity index is 596. The Morgan fingerprint density at radius 2 is 2.22 bits per heavy atom. The molecule has 1 aromatic carbocycles. The van der Waals surface area contributed by atoms with Crippen LogP contribution >= 0.6 is 15.9 Å². The van der Waals surface area contributed by atoms with Gasteiger partial charge >= 0.3 is 0 Å². The number of terminal acetylenes is 1. The minimum Gasteiger partial charge on any atom is -0.398 e. The lowest BCUT2D eigenvalue weighted by atomic mass is 10.3. The molecule has 98 valence electrons. The average molecular weight is 335 g/mol. The lowest BCUT2D eigenvalue weighted by Gasteiger charge is -2.13. The molecule has 0 radical (unpaired) electrons. The van der Waals surface area contributed by atoms with Crippen molar-refractivity contribution in [2.24, 2.45) is 0 Å². The first-order chi connectivity index (χ1) is 8.27. The van der Waals surface area contributed by atoms with Crippen molar-refractivity contribution in [2.75, 3.05) is 5.73 Å². The summed E-state index contributed by atoms with van der Waals surface area (Å²) in [7, 11) is -3.82. The molecule has 1 aromatic rings. The molecule has 0 saturated carbocycles. The van der Waals surface area contributed by atoms with Gasteiger partial charge in [-0.05, 0) is 35.0 Å². The Kier molecular flexibility index (Phi) is 4.73. The van der Waals surface area contributed by atoms with Gasteiger partial charge in [-0.25, -0.2) is 17.5 Å². The van der Waals surface area contributed by atoms with Crippen LogP contribution in [0.3, 0.4) is 0 Å². The van der Waals surface area contributed by atoms with Gasteiger partial charge in [0, 0.05) is 12.5 Å². The molecule has 0 aliphatic carbocycles. The molecule has 0 aromatic heterocycles. The van der Waals surface area contributed by atoms with E-state index in [0.717, 1.165) is 12.1 Å². The van der Waals surface area contributed by atoms with E-state index in [1.807, 2.05) is 0 Å². The number of halogens is 2. The van der Waals surface area contributed by atoms with Crippen molar-refractivity contribution in [3.63, 3.8) is 0 Å². The summed E-state index contributed by atoms with van der Waals surface area (Å²) in [6.07, 6.45) is 5.35. The molecule has 0 bridgehead atoms. The van der Waals surface area contributed by atoms with Gasteiger partial charge in [-0.1, -0.05) is 0 Å². The standard InChI is InChI=1S/C11H12BrFN2O2S/c1-3-4-7(2)15-18(16,17)11-5-8(12)9(13)6-10(11)14/h1,5-7,15H,4,14H2,2H3. The van der Waals surface area contributed by atoms with E-state index in [1.165, 1.54) is 0 Å². The number of sulfonamides is 1. The molecule has 1 atom stereocenters. The SMILES string of the molecule is C#CCC(C)NS(=O)(=O)c1cc(Br)c(F)cc1N. The third-order valence-electron chi connectivity index (χ3n) is 2.12. The van der Waals surface area contributed by atoms with Crippen molar-refractivity contribution < 1.29 is 12.8 Å². The van der Waals surface area contributed by atoms with Gasteiger partial charge < -0.3 is 5.73 Å². The Morgan fingerprint density at radius 3 is 2.78 bits per heavy atom. The smallest absolute Gasteiger partial charge is 0.242 e. The Labute approximate surface area is 114 Å². The zero-order valence-corrected chi connectivity index (χ0v) is 12.0. The van der Waals surface area contributed by atoms with E-state index in [9.17, 15) is 12.8 Å². The van der Waals surface area contributed by atoms with Gasteiger partial charge in [0.25, 0.3) is 0 Å². The van der Waals surface area contributed by atoms with Crippen molar-refractivity contribution in [2.45, 2.75) is 24.3 Å². The van der Waals surface area contributed by atoms with Gasteiger partial charge in [0.05, 0.1) is 10.2 Å². The Balaban J connectivity index is 3.14. The van der Waals surface area contributed by atoms with Gasteiger partial charge in [-0.2, -0.15) is 0 Å². The van der Waals surface area contributed by atoms with Crippen LogP contribution < -0.4 is 10.5 Å². The predicted octanol–water partition coefficient (Wildman–Crippen LogP) is 1.86. The second-order valence-electron chi connectivity index (χ2n) is 3.73. The van der Waals surface area contributed by atoms with E-state index >= 15 is 0 Å². The molecule has 0 saturated heterocycles. The van der Waals surface area contributed by atoms with Crippen molar-refractivity contribution in [1.82, 2.24) is 4.72 Å². The fourth-order valence-corrected chi connectivity index (χ4v) is 3.20. The van der Waals surface area contributed by atoms with Crippen LogP contribution in [0.15, 0.2) is 21.5 Å². The zero-order valence-electron chi connectivity index (χ0n) is 9.57. The van der Waals surface area contributed by atoms with E-state index in [1.54, 1.807) is 6.92 Å². The maximum Gasteiger partial charge on any atom is 0.242 e. The van der Waals surface area contributed by atoms with Crippen molar-refractivity contribution in [1.29, 1.82) is 0 Å². The fourth-order valence-electron chi connectivity index (χ4n) is 1.32. The van der Waals surface area contributed by atoms with Crippen LogP contribution in [0.25, 0.3) is 0 Å². The summed E-state index contributed by atoms with van der Waals surface area (Å²) in [4.78, 5) is -0.181. The maximum absolute atomic E-state index is 13.2. The molecular formula is C11H12BrFN2O2S.